The molecule has 1 aliphatic rings. The lowest BCUT2D eigenvalue weighted by Gasteiger charge is -2.32. The Bertz CT molecular complexity index is 920. The fourth-order valence-corrected chi connectivity index (χ4v) is 4.08. The first-order chi connectivity index (χ1) is 13.6. The summed E-state index contributed by atoms with van der Waals surface area (Å²) < 4.78 is 1.82. The maximum absolute atomic E-state index is 12.7. The van der Waals surface area contributed by atoms with Gasteiger partial charge in [-0.25, -0.2) is 9.48 Å². The predicted octanol–water partition coefficient (Wildman–Crippen LogP) is 3.79. The molecule has 0 spiro atoms. The minimum absolute atomic E-state index is 0.150. The average Bonchev–Trinajstić information content (AvgIpc) is 3.40. The number of rotatable bonds is 4. The second-order valence-corrected chi connectivity index (χ2v) is 8.22. The minimum atomic E-state index is -0.150. The molecule has 146 valence electrons. The first-order valence-electron chi connectivity index (χ1n) is 9.45. The number of likely N-dealkylation sites (tertiary alicyclic amines) is 1. The van der Waals surface area contributed by atoms with Crippen LogP contribution in [0.5, 0.6) is 0 Å². The number of carbonyl (C=O) groups excluding carboxylic acids is 1. The van der Waals surface area contributed by atoms with E-state index in [1.165, 1.54) is 16.9 Å². The second-order valence-electron chi connectivity index (χ2n) is 7.24. The summed E-state index contributed by atoms with van der Waals surface area (Å²) in [7, 11) is 0. The number of hydrogen-bond donors (Lipinski definition) is 1. The normalized spacial score (nSPS) is 17.1. The molecule has 8 nitrogen and oxygen atoms in total. The largest absolute Gasteiger partial charge is 0.323 e. The zero-order chi connectivity index (χ0) is 19.5. The Labute approximate surface area is 167 Å². The Morgan fingerprint density at radius 1 is 1.25 bits per heavy atom. The fraction of sp³-hybridized carbons (Fsp3) is 0.421. The van der Waals surface area contributed by atoms with Gasteiger partial charge in [-0.1, -0.05) is 54.7 Å². The van der Waals surface area contributed by atoms with Crippen LogP contribution in [0, 0.1) is 0 Å². The first kappa shape index (κ1) is 18.5. The molecule has 3 aromatic rings. The molecular formula is C19H23N7OS. The van der Waals surface area contributed by atoms with Crippen molar-refractivity contribution < 1.29 is 4.79 Å². The summed E-state index contributed by atoms with van der Waals surface area (Å²) in [4.78, 5) is 14.5. The van der Waals surface area contributed by atoms with Crippen molar-refractivity contribution in [3.63, 3.8) is 0 Å². The van der Waals surface area contributed by atoms with Gasteiger partial charge in [-0.05, 0) is 24.3 Å². The van der Waals surface area contributed by atoms with Crippen LogP contribution in [-0.4, -0.2) is 49.2 Å². The molecule has 1 atom stereocenters. The number of anilines is 1. The minimum Gasteiger partial charge on any atom is -0.322 e. The molecule has 0 aliphatic carbocycles. The molecule has 0 saturated carbocycles. The molecule has 1 aliphatic heterocycles. The van der Waals surface area contributed by atoms with Gasteiger partial charge in [0.05, 0.1) is 12.2 Å². The van der Waals surface area contributed by atoms with Crippen molar-refractivity contribution in [1.29, 1.82) is 0 Å². The van der Waals surface area contributed by atoms with E-state index in [2.05, 4.69) is 63.9 Å². The Morgan fingerprint density at radius 3 is 2.79 bits per heavy atom. The van der Waals surface area contributed by atoms with E-state index >= 15 is 0 Å². The van der Waals surface area contributed by atoms with Gasteiger partial charge in [-0.2, -0.15) is 0 Å². The molecule has 2 amide bonds. The van der Waals surface area contributed by atoms with Crippen molar-refractivity contribution in [2.45, 2.75) is 38.6 Å². The van der Waals surface area contributed by atoms with Crippen LogP contribution in [0.25, 0.3) is 10.6 Å². The van der Waals surface area contributed by atoms with Crippen LogP contribution in [0.4, 0.5) is 9.93 Å². The summed E-state index contributed by atoms with van der Waals surface area (Å²) in [5.74, 6) is 0.490. The van der Waals surface area contributed by atoms with E-state index < -0.39 is 0 Å². The van der Waals surface area contributed by atoms with E-state index in [-0.39, 0.29) is 12.1 Å². The lowest BCUT2D eigenvalue weighted by molar-refractivity contribution is 0.174. The number of aromatic nitrogens is 5. The molecule has 3 heterocycles. The zero-order valence-electron chi connectivity index (χ0n) is 15.9. The molecule has 1 N–H and O–H groups in total. The predicted molar refractivity (Wildman–Crippen MR) is 108 cm³/mol. The highest BCUT2D eigenvalue weighted by molar-refractivity contribution is 7.18. The molecule has 1 aromatic carbocycles. The van der Waals surface area contributed by atoms with Crippen LogP contribution in [0.15, 0.2) is 36.7 Å². The monoisotopic (exact) mass is 397 g/mol. The van der Waals surface area contributed by atoms with Crippen LogP contribution in [0.1, 0.15) is 44.2 Å². The Balaban J connectivity index is 1.40. The van der Waals surface area contributed by atoms with Gasteiger partial charge >= 0.3 is 6.03 Å². The van der Waals surface area contributed by atoms with Crippen molar-refractivity contribution in [2.24, 2.45) is 0 Å². The number of nitrogens with one attached hydrogen (secondary N) is 1. The van der Waals surface area contributed by atoms with Crippen LogP contribution in [0.3, 0.4) is 0 Å². The van der Waals surface area contributed by atoms with Gasteiger partial charge < -0.3 is 4.90 Å². The third-order valence-electron chi connectivity index (χ3n) is 4.96. The van der Waals surface area contributed by atoms with E-state index in [1.807, 2.05) is 10.9 Å². The van der Waals surface area contributed by atoms with E-state index in [4.69, 9.17) is 0 Å². The van der Waals surface area contributed by atoms with Crippen molar-refractivity contribution >= 4 is 22.5 Å². The third kappa shape index (κ3) is 4.04. The van der Waals surface area contributed by atoms with Crippen molar-refractivity contribution in [2.75, 3.05) is 18.4 Å². The molecule has 1 fully saturated rings. The summed E-state index contributed by atoms with van der Waals surface area (Å²) in [6.45, 7) is 5.67. The molecule has 0 bridgehead atoms. The van der Waals surface area contributed by atoms with Crippen molar-refractivity contribution in [3.05, 3.63) is 42.2 Å². The van der Waals surface area contributed by atoms with E-state index in [1.54, 1.807) is 11.1 Å². The molecular weight excluding hydrogens is 374 g/mol. The molecule has 9 heteroatoms. The van der Waals surface area contributed by atoms with Crippen LogP contribution < -0.4 is 5.32 Å². The number of nitrogens with zero attached hydrogens (tertiary/aromatic N) is 6. The summed E-state index contributed by atoms with van der Waals surface area (Å²) >= 11 is 1.38. The highest BCUT2D eigenvalue weighted by atomic mass is 32.1. The number of hydrogen-bond acceptors (Lipinski definition) is 6. The van der Waals surface area contributed by atoms with Gasteiger partial charge in [0.2, 0.25) is 5.13 Å². The molecule has 4 rings (SSSR count). The number of carbonyl (C=O) groups is 1. The highest BCUT2D eigenvalue weighted by Crippen LogP contribution is 2.28. The van der Waals surface area contributed by atoms with E-state index in [9.17, 15) is 4.79 Å². The van der Waals surface area contributed by atoms with E-state index in [0.29, 0.717) is 17.6 Å². The van der Waals surface area contributed by atoms with Crippen LogP contribution in [0.2, 0.25) is 0 Å². The van der Waals surface area contributed by atoms with Gasteiger partial charge in [0, 0.05) is 24.8 Å². The maximum Gasteiger partial charge on any atom is 0.323 e. The second kappa shape index (κ2) is 8.05. The number of amides is 2. The van der Waals surface area contributed by atoms with Crippen LogP contribution >= 0.6 is 11.3 Å². The van der Waals surface area contributed by atoms with Gasteiger partial charge in [0.1, 0.15) is 5.01 Å². The Hall–Kier alpha value is -2.81. The fourth-order valence-electron chi connectivity index (χ4n) is 3.34. The average molecular weight is 398 g/mol. The Kier molecular flexibility index (Phi) is 5.34. The van der Waals surface area contributed by atoms with Crippen molar-refractivity contribution in [3.8, 4) is 10.6 Å². The summed E-state index contributed by atoms with van der Waals surface area (Å²) in [5, 5.41) is 20.5. The van der Waals surface area contributed by atoms with Gasteiger partial charge in [-0.15, -0.1) is 15.3 Å². The van der Waals surface area contributed by atoms with Crippen LogP contribution in [-0.2, 0) is 0 Å². The number of urea groups is 1. The maximum atomic E-state index is 12.7. The zero-order valence-corrected chi connectivity index (χ0v) is 16.8. The van der Waals surface area contributed by atoms with E-state index in [0.717, 1.165) is 30.0 Å². The molecule has 1 saturated heterocycles. The number of piperidine rings is 1. The molecule has 1 unspecified atom stereocenters. The van der Waals surface area contributed by atoms with Gasteiger partial charge in [-0.3, -0.25) is 5.32 Å². The lowest BCUT2D eigenvalue weighted by Crippen LogP contribution is -2.43. The first-order valence-corrected chi connectivity index (χ1v) is 10.3. The van der Waals surface area contributed by atoms with Crippen molar-refractivity contribution in [1.82, 2.24) is 30.1 Å². The standard InChI is InChI=1S/C19H23N7OS/c1-13(2)14-5-7-15(8-6-14)17-22-23-18(28-17)21-19(27)25-10-3-4-16(12-25)26-11-9-20-24-26/h5-9,11,13,16H,3-4,10,12H2,1-2H3,(H,21,23,27). The summed E-state index contributed by atoms with van der Waals surface area (Å²) in [6.07, 6.45) is 5.42. The smallest absolute Gasteiger partial charge is 0.322 e. The van der Waals surface area contributed by atoms with Gasteiger partial charge in [0.25, 0.3) is 0 Å². The quantitative estimate of drug-likeness (QED) is 0.723. The van der Waals surface area contributed by atoms with Gasteiger partial charge in [0.15, 0.2) is 0 Å². The third-order valence-corrected chi connectivity index (χ3v) is 5.85. The molecule has 0 radical (unpaired) electrons. The number of benzene rings is 1. The molecule has 2 aromatic heterocycles. The highest BCUT2D eigenvalue weighted by Gasteiger charge is 2.26. The topological polar surface area (TPSA) is 88.8 Å². The Morgan fingerprint density at radius 2 is 2.07 bits per heavy atom. The summed E-state index contributed by atoms with van der Waals surface area (Å²) in [5.41, 5.74) is 2.29. The lowest BCUT2D eigenvalue weighted by atomic mass is 10.0. The summed E-state index contributed by atoms with van der Waals surface area (Å²) in [6, 6.07) is 8.33. The SMILES string of the molecule is CC(C)c1ccc(-c2nnc(NC(=O)N3CCCC(n4ccnn4)C3)s2)cc1. The molecule has 28 heavy (non-hydrogen) atoms.